The van der Waals surface area contributed by atoms with Crippen molar-refractivity contribution in [3.05, 3.63) is 124 Å². The molecule has 7 nitrogen and oxygen atoms in total. The Balaban J connectivity index is 1.55. The number of hydrogen-bond donors (Lipinski definition) is 1. The standard InChI is InChI=1S/C30H27ClN2O5S/c1-3-38-30(35)24-14-17-26(18-15-24)32-29(34)23-12-10-22(11-13-23)20-33(28-19-25(31)16-9-21(28)2)39(36,37)27-7-5-4-6-8-27/h4-19H,3,20H2,1-2H3,(H,32,34). The van der Waals surface area contributed by atoms with Crippen molar-refractivity contribution in [3.8, 4) is 0 Å². The zero-order valence-electron chi connectivity index (χ0n) is 21.4. The molecule has 0 bridgehead atoms. The van der Waals surface area contributed by atoms with E-state index in [-0.39, 0.29) is 24.0 Å². The van der Waals surface area contributed by atoms with Gasteiger partial charge in [0.05, 0.1) is 29.3 Å². The van der Waals surface area contributed by atoms with E-state index in [0.29, 0.717) is 33.1 Å². The zero-order valence-corrected chi connectivity index (χ0v) is 23.0. The summed E-state index contributed by atoms with van der Waals surface area (Å²) < 4.78 is 33.6. The molecule has 1 amide bonds. The average molecular weight is 563 g/mol. The normalized spacial score (nSPS) is 11.1. The quantitative estimate of drug-likeness (QED) is 0.236. The van der Waals surface area contributed by atoms with Gasteiger partial charge >= 0.3 is 5.97 Å². The van der Waals surface area contributed by atoms with Crippen molar-refractivity contribution in [2.45, 2.75) is 25.3 Å². The predicted octanol–water partition coefficient (Wildman–Crippen LogP) is 6.47. The monoisotopic (exact) mass is 562 g/mol. The zero-order chi connectivity index (χ0) is 28.0. The number of benzene rings is 4. The number of nitrogens with one attached hydrogen (secondary N) is 1. The van der Waals surface area contributed by atoms with Crippen LogP contribution in [0.2, 0.25) is 5.02 Å². The summed E-state index contributed by atoms with van der Waals surface area (Å²) in [5.41, 5.74) is 3.22. The largest absolute Gasteiger partial charge is 0.462 e. The average Bonchev–Trinajstić information content (AvgIpc) is 2.94. The molecule has 0 heterocycles. The molecule has 4 aromatic rings. The van der Waals surface area contributed by atoms with Crippen LogP contribution >= 0.6 is 11.6 Å². The van der Waals surface area contributed by atoms with Gasteiger partial charge in [-0.05, 0) is 85.6 Å². The molecule has 4 rings (SSSR count). The molecule has 0 spiro atoms. The molecule has 1 N–H and O–H groups in total. The van der Waals surface area contributed by atoms with Crippen LogP contribution in [0, 0.1) is 6.92 Å². The van der Waals surface area contributed by atoms with Crippen molar-refractivity contribution in [2.75, 3.05) is 16.2 Å². The molecule has 0 radical (unpaired) electrons. The summed E-state index contributed by atoms with van der Waals surface area (Å²) in [6.07, 6.45) is 0. The Morgan fingerprint density at radius 2 is 1.51 bits per heavy atom. The van der Waals surface area contributed by atoms with Crippen molar-refractivity contribution < 1.29 is 22.7 Å². The van der Waals surface area contributed by atoms with Crippen LogP contribution in [-0.2, 0) is 21.3 Å². The van der Waals surface area contributed by atoms with Gasteiger partial charge in [-0.3, -0.25) is 9.10 Å². The number of ether oxygens (including phenoxy) is 1. The van der Waals surface area contributed by atoms with E-state index in [2.05, 4.69) is 5.32 Å². The van der Waals surface area contributed by atoms with Gasteiger partial charge < -0.3 is 10.1 Å². The highest BCUT2D eigenvalue weighted by molar-refractivity contribution is 7.92. The number of esters is 1. The molecule has 0 unspecified atom stereocenters. The smallest absolute Gasteiger partial charge is 0.338 e. The molecule has 0 saturated carbocycles. The van der Waals surface area contributed by atoms with E-state index in [1.165, 1.54) is 4.31 Å². The number of halogens is 1. The lowest BCUT2D eigenvalue weighted by Crippen LogP contribution is -2.31. The van der Waals surface area contributed by atoms with Gasteiger partial charge in [0.2, 0.25) is 0 Å². The first-order valence-electron chi connectivity index (χ1n) is 12.2. The third-order valence-corrected chi connectivity index (χ3v) is 7.98. The van der Waals surface area contributed by atoms with E-state index in [1.807, 2.05) is 6.92 Å². The van der Waals surface area contributed by atoms with E-state index >= 15 is 0 Å². The summed E-state index contributed by atoms with van der Waals surface area (Å²) >= 11 is 6.23. The number of amides is 1. The second-order valence-corrected chi connectivity index (χ2v) is 11.0. The maximum absolute atomic E-state index is 13.7. The Morgan fingerprint density at radius 3 is 2.15 bits per heavy atom. The second-order valence-electron chi connectivity index (χ2n) is 8.70. The number of carbonyl (C=O) groups excluding carboxylic acids is 2. The number of rotatable bonds is 9. The van der Waals surface area contributed by atoms with E-state index < -0.39 is 16.0 Å². The molecular weight excluding hydrogens is 536 g/mol. The van der Waals surface area contributed by atoms with Crippen LogP contribution in [-0.4, -0.2) is 26.9 Å². The lowest BCUT2D eigenvalue weighted by Gasteiger charge is -2.26. The van der Waals surface area contributed by atoms with Gasteiger partial charge in [-0.1, -0.05) is 48.0 Å². The molecule has 200 valence electrons. The molecule has 39 heavy (non-hydrogen) atoms. The van der Waals surface area contributed by atoms with Gasteiger partial charge in [0.25, 0.3) is 15.9 Å². The van der Waals surface area contributed by atoms with Gasteiger partial charge in [-0.15, -0.1) is 0 Å². The highest BCUT2D eigenvalue weighted by Gasteiger charge is 2.26. The molecule has 0 aliphatic heterocycles. The third-order valence-electron chi connectivity index (χ3n) is 5.97. The molecule has 4 aromatic carbocycles. The van der Waals surface area contributed by atoms with Gasteiger partial charge in [0, 0.05) is 16.3 Å². The topological polar surface area (TPSA) is 92.8 Å². The molecule has 9 heteroatoms. The van der Waals surface area contributed by atoms with E-state index in [1.54, 1.807) is 104 Å². The first-order chi connectivity index (χ1) is 18.7. The van der Waals surface area contributed by atoms with Gasteiger partial charge in [0.15, 0.2) is 0 Å². The van der Waals surface area contributed by atoms with Crippen LogP contribution in [0.15, 0.2) is 102 Å². The maximum Gasteiger partial charge on any atom is 0.338 e. The first kappa shape index (κ1) is 27.9. The maximum atomic E-state index is 13.7. The second kappa shape index (κ2) is 12.1. The van der Waals surface area contributed by atoms with Crippen molar-refractivity contribution in [3.63, 3.8) is 0 Å². The number of aryl methyl sites for hydroxylation is 1. The van der Waals surface area contributed by atoms with Crippen LogP contribution in [0.5, 0.6) is 0 Å². The molecule has 0 atom stereocenters. The van der Waals surface area contributed by atoms with Crippen LogP contribution in [0.4, 0.5) is 11.4 Å². The Labute approximate surface area is 233 Å². The van der Waals surface area contributed by atoms with E-state index in [4.69, 9.17) is 16.3 Å². The van der Waals surface area contributed by atoms with Crippen LogP contribution in [0.3, 0.4) is 0 Å². The summed E-state index contributed by atoms with van der Waals surface area (Å²) in [7, 11) is -3.91. The minimum Gasteiger partial charge on any atom is -0.462 e. The van der Waals surface area contributed by atoms with Crippen molar-refractivity contribution in [2.24, 2.45) is 0 Å². The fourth-order valence-corrected chi connectivity index (χ4v) is 5.60. The van der Waals surface area contributed by atoms with Crippen molar-refractivity contribution >= 4 is 44.9 Å². The van der Waals surface area contributed by atoms with Crippen LogP contribution in [0.1, 0.15) is 38.8 Å². The number of hydrogen-bond acceptors (Lipinski definition) is 5. The van der Waals surface area contributed by atoms with Gasteiger partial charge in [-0.2, -0.15) is 0 Å². The highest BCUT2D eigenvalue weighted by atomic mass is 35.5. The Hall–Kier alpha value is -4.14. The minimum absolute atomic E-state index is 0.0373. The molecule has 0 saturated heterocycles. The first-order valence-corrected chi connectivity index (χ1v) is 14.0. The minimum atomic E-state index is -3.91. The summed E-state index contributed by atoms with van der Waals surface area (Å²) in [5, 5.41) is 3.21. The Kier molecular flexibility index (Phi) is 8.69. The number of carbonyl (C=O) groups is 2. The molecule has 0 fully saturated rings. The fraction of sp³-hybridized carbons (Fsp3) is 0.133. The van der Waals surface area contributed by atoms with E-state index in [9.17, 15) is 18.0 Å². The van der Waals surface area contributed by atoms with Crippen molar-refractivity contribution in [1.29, 1.82) is 0 Å². The number of sulfonamides is 1. The molecule has 0 aromatic heterocycles. The predicted molar refractivity (Wildman–Crippen MR) is 153 cm³/mol. The molecular formula is C30H27ClN2O5S. The van der Waals surface area contributed by atoms with E-state index in [0.717, 1.165) is 5.56 Å². The van der Waals surface area contributed by atoms with Gasteiger partial charge in [0.1, 0.15) is 0 Å². The summed E-state index contributed by atoms with van der Waals surface area (Å²) in [4.78, 5) is 24.8. The lowest BCUT2D eigenvalue weighted by molar-refractivity contribution is 0.0526. The SMILES string of the molecule is CCOC(=O)c1ccc(NC(=O)c2ccc(CN(c3cc(Cl)ccc3C)S(=O)(=O)c3ccccc3)cc2)cc1. The summed E-state index contributed by atoms with van der Waals surface area (Å²) in [5.74, 6) is -0.771. The summed E-state index contributed by atoms with van der Waals surface area (Å²) in [6, 6.07) is 26.4. The highest BCUT2D eigenvalue weighted by Crippen LogP contribution is 2.31. The number of anilines is 2. The number of nitrogens with zero attached hydrogens (tertiary/aromatic N) is 1. The lowest BCUT2D eigenvalue weighted by atomic mass is 10.1. The van der Waals surface area contributed by atoms with Crippen LogP contribution < -0.4 is 9.62 Å². The van der Waals surface area contributed by atoms with Crippen LogP contribution in [0.25, 0.3) is 0 Å². The van der Waals surface area contributed by atoms with Crippen molar-refractivity contribution in [1.82, 2.24) is 0 Å². The molecule has 0 aliphatic carbocycles. The van der Waals surface area contributed by atoms with Gasteiger partial charge in [-0.25, -0.2) is 13.2 Å². The molecule has 0 aliphatic rings. The summed E-state index contributed by atoms with van der Waals surface area (Å²) in [6.45, 7) is 3.87. The Bertz CT molecular complexity index is 1570. The third kappa shape index (κ3) is 6.66. The fourth-order valence-electron chi connectivity index (χ4n) is 3.91. The Morgan fingerprint density at radius 1 is 0.872 bits per heavy atom.